The number of hydrogen-bond donors (Lipinski definition) is 1. The Bertz CT molecular complexity index is 1240. The lowest BCUT2D eigenvalue weighted by atomic mass is 10.1. The van der Waals surface area contributed by atoms with Crippen LogP contribution in [0.5, 0.6) is 0 Å². The Morgan fingerprint density at radius 1 is 0.892 bits per heavy atom. The van der Waals surface area contributed by atoms with E-state index in [0.717, 1.165) is 11.1 Å². The molecule has 0 spiro atoms. The summed E-state index contributed by atoms with van der Waals surface area (Å²) in [5, 5.41) is 5.02. The van der Waals surface area contributed by atoms with Crippen LogP contribution < -0.4 is 5.32 Å². The van der Waals surface area contributed by atoms with Crippen molar-refractivity contribution in [1.29, 1.82) is 0 Å². The van der Waals surface area contributed by atoms with E-state index in [1.807, 2.05) is 70.7 Å². The zero-order valence-corrected chi connectivity index (χ0v) is 23.4. The zero-order valence-electron chi connectivity index (χ0n) is 19.6. The highest BCUT2D eigenvalue weighted by atomic mass is 35.5. The summed E-state index contributed by atoms with van der Waals surface area (Å²) in [7, 11) is 0. The van der Waals surface area contributed by atoms with Crippen LogP contribution >= 0.6 is 58.0 Å². The van der Waals surface area contributed by atoms with E-state index in [4.69, 9.17) is 62.7 Å². The van der Waals surface area contributed by atoms with E-state index in [1.165, 1.54) is 0 Å². The highest BCUT2D eigenvalue weighted by Gasteiger charge is 2.29. The summed E-state index contributed by atoms with van der Waals surface area (Å²) >= 11 is 31.1. The lowest BCUT2D eigenvalue weighted by molar-refractivity contribution is -0.116. The van der Waals surface area contributed by atoms with Gasteiger partial charge in [-0.1, -0.05) is 82.3 Å². The average Bonchev–Trinajstić information content (AvgIpc) is 3.36. The first-order chi connectivity index (χ1) is 17.8. The summed E-state index contributed by atoms with van der Waals surface area (Å²) in [5.41, 5.74) is 1.91. The minimum atomic E-state index is -0.503. The molecule has 0 bridgehead atoms. The van der Waals surface area contributed by atoms with Crippen LogP contribution in [0, 0.1) is 0 Å². The number of amides is 1. The van der Waals surface area contributed by atoms with Crippen molar-refractivity contribution in [3.05, 3.63) is 110 Å². The molecule has 0 aromatic heterocycles. The van der Waals surface area contributed by atoms with E-state index in [2.05, 4.69) is 5.32 Å². The van der Waals surface area contributed by atoms with Crippen LogP contribution in [0.15, 0.2) is 79.1 Å². The number of hydrogen-bond acceptors (Lipinski definition) is 4. The van der Waals surface area contributed by atoms with Crippen molar-refractivity contribution in [2.45, 2.75) is 24.6 Å². The zero-order chi connectivity index (χ0) is 26.4. The number of rotatable bonds is 10. The van der Waals surface area contributed by atoms with E-state index in [-0.39, 0.29) is 12.3 Å². The van der Waals surface area contributed by atoms with Crippen LogP contribution in [0.2, 0.25) is 20.1 Å². The topological polar surface area (TPSA) is 44.8 Å². The van der Waals surface area contributed by atoms with Crippen molar-refractivity contribution in [3.63, 3.8) is 0 Å². The van der Waals surface area contributed by atoms with E-state index in [0.29, 0.717) is 45.6 Å². The van der Waals surface area contributed by atoms with Crippen molar-refractivity contribution in [2.75, 3.05) is 18.5 Å². The molecule has 3 aromatic rings. The fraction of sp³-hybridized carbons (Fsp3) is 0.222. The molecule has 1 aliphatic rings. The molecule has 1 amide bonds. The van der Waals surface area contributed by atoms with Crippen molar-refractivity contribution in [1.82, 2.24) is 9.80 Å². The molecule has 1 heterocycles. The molecule has 0 radical (unpaired) electrons. The SMILES string of the molecule is O=C(CCN1C=CN(C(Cl)C(OCc2ccc(Cl)cc2)c2ccc(Cl)cc2)C1)Nc1ccc(Cl)cc1Cl. The molecule has 4 rings (SSSR count). The predicted molar refractivity (Wildman–Crippen MR) is 152 cm³/mol. The Morgan fingerprint density at radius 2 is 1.54 bits per heavy atom. The quantitative estimate of drug-likeness (QED) is 0.189. The Morgan fingerprint density at radius 3 is 2.22 bits per heavy atom. The van der Waals surface area contributed by atoms with Gasteiger partial charge in [0.25, 0.3) is 0 Å². The van der Waals surface area contributed by atoms with E-state index in [9.17, 15) is 4.79 Å². The molecule has 1 N–H and O–H groups in total. The van der Waals surface area contributed by atoms with Gasteiger partial charge in [-0.2, -0.15) is 0 Å². The molecule has 0 saturated heterocycles. The summed E-state index contributed by atoms with van der Waals surface area (Å²) in [6.45, 7) is 1.38. The Labute approximate surface area is 241 Å². The normalized spacial score (nSPS) is 14.6. The van der Waals surface area contributed by atoms with Crippen LogP contribution in [0.1, 0.15) is 23.7 Å². The number of nitrogens with one attached hydrogen (secondary N) is 1. The van der Waals surface area contributed by atoms with Crippen molar-refractivity contribution >= 4 is 69.6 Å². The van der Waals surface area contributed by atoms with Gasteiger partial charge >= 0.3 is 0 Å². The first-order valence-electron chi connectivity index (χ1n) is 11.5. The largest absolute Gasteiger partial charge is 0.365 e. The standard InChI is InChI=1S/C27H24Cl5N3O2/c28-20-5-1-18(2-6-20)16-37-26(19-3-7-21(29)8-4-19)27(32)35-14-13-34(17-35)12-11-25(36)33-24-10-9-22(30)15-23(24)31/h1-10,13-15,26-27H,11-12,16-17H2,(H,33,36). The second-order valence-corrected chi connectivity index (χ2v) is 10.6. The molecule has 2 unspecified atom stereocenters. The van der Waals surface area contributed by atoms with Crippen LogP contribution in [-0.2, 0) is 16.1 Å². The maximum atomic E-state index is 12.5. The maximum absolute atomic E-state index is 12.5. The van der Waals surface area contributed by atoms with Gasteiger partial charge in [0.1, 0.15) is 11.6 Å². The summed E-state index contributed by atoms with van der Waals surface area (Å²) < 4.78 is 6.29. The first-order valence-corrected chi connectivity index (χ1v) is 13.4. The summed E-state index contributed by atoms with van der Waals surface area (Å²) in [4.78, 5) is 16.4. The Balaban J connectivity index is 1.34. The van der Waals surface area contributed by atoms with E-state index in [1.54, 1.807) is 18.2 Å². The van der Waals surface area contributed by atoms with Crippen LogP contribution in [-0.4, -0.2) is 34.4 Å². The van der Waals surface area contributed by atoms with Gasteiger partial charge in [-0.15, -0.1) is 0 Å². The molecule has 1 aliphatic heterocycles. The molecule has 5 nitrogen and oxygen atoms in total. The highest BCUT2D eigenvalue weighted by Crippen LogP contribution is 2.32. The maximum Gasteiger partial charge on any atom is 0.226 e. The third-order valence-electron chi connectivity index (χ3n) is 5.75. The van der Waals surface area contributed by atoms with E-state index >= 15 is 0 Å². The molecule has 0 fully saturated rings. The van der Waals surface area contributed by atoms with Gasteiger partial charge < -0.3 is 19.9 Å². The number of benzene rings is 3. The van der Waals surface area contributed by atoms with Gasteiger partial charge in [-0.05, 0) is 53.6 Å². The van der Waals surface area contributed by atoms with Gasteiger partial charge in [0.15, 0.2) is 0 Å². The van der Waals surface area contributed by atoms with Crippen LogP contribution in [0.25, 0.3) is 0 Å². The minimum absolute atomic E-state index is 0.149. The molecular weight excluding hydrogens is 576 g/mol. The molecule has 37 heavy (non-hydrogen) atoms. The van der Waals surface area contributed by atoms with Gasteiger partial charge in [0.2, 0.25) is 5.91 Å². The third-order valence-corrected chi connectivity index (χ3v) is 7.28. The van der Waals surface area contributed by atoms with Crippen LogP contribution in [0.4, 0.5) is 5.69 Å². The number of nitrogens with zero attached hydrogens (tertiary/aromatic N) is 2. The minimum Gasteiger partial charge on any atom is -0.365 e. The number of ether oxygens (including phenoxy) is 1. The Kier molecular flexibility index (Phi) is 9.88. The molecule has 10 heteroatoms. The molecule has 0 aliphatic carbocycles. The highest BCUT2D eigenvalue weighted by molar-refractivity contribution is 6.36. The van der Waals surface area contributed by atoms with Gasteiger partial charge in [-0.25, -0.2) is 0 Å². The summed E-state index contributed by atoms with van der Waals surface area (Å²) in [6.07, 6.45) is 3.66. The fourth-order valence-electron chi connectivity index (χ4n) is 3.77. The lowest BCUT2D eigenvalue weighted by Gasteiger charge is -2.31. The van der Waals surface area contributed by atoms with Crippen molar-refractivity contribution in [2.24, 2.45) is 0 Å². The number of anilines is 1. The molecule has 0 saturated carbocycles. The third kappa shape index (κ3) is 7.93. The average molecular weight is 600 g/mol. The van der Waals surface area contributed by atoms with Crippen molar-refractivity contribution in [3.8, 4) is 0 Å². The number of alkyl halides is 1. The monoisotopic (exact) mass is 597 g/mol. The smallest absolute Gasteiger partial charge is 0.226 e. The lowest BCUT2D eigenvalue weighted by Crippen LogP contribution is -2.36. The van der Waals surface area contributed by atoms with Gasteiger partial charge in [0, 0.05) is 40.4 Å². The molecule has 3 aromatic carbocycles. The molecule has 194 valence electrons. The molecular formula is C27H24Cl5N3O2. The van der Waals surface area contributed by atoms with Gasteiger partial charge in [0.05, 0.1) is 24.0 Å². The van der Waals surface area contributed by atoms with E-state index < -0.39 is 11.6 Å². The van der Waals surface area contributed by atoms with Crippen molar-refractivity contribution < 1.29 is 9.53 Å². The van der Waals surface area contributed by atoms with Gasteiger partial charge in [-0.3, -0.25) is 4.79 Å². The number of carbonyl (C=O) groups excluding carboxylic acids is 1. The summed E-state index contributed by atoms with van der Waals surface area (Å²) in [6, 6.07) is 19.9. The Hall–Kier alpha value is -2.12. The number of halogens is 5. The molecule has 2 atom stereocenters. The first kappa shape index (κ1) is 27.9. The predicted octanol–water partition coefficient (Wildman–Crippen LogP) is 8.20. The summed E-state index contributed by atoms with van der Waals surface area (Å²) in [5.74, 6) is -0.149. The van der Waals surface area contributed by atoms with Crippen LogP contribution in [0.3, 0.4) is 0 Å². The second kappa shape index (κ2) is 13.1. The number of carbonyl (C=O) groups is 1. The fourth-order valence-corrected chi connectivity index (χ4v) is 4.82. The second-order valence-electron chi connectivity index (χ2n) is 8.47.